The Morgan fingerprint density at radius 2 is 1.89 bits per heavy atom. The van der Waals surface area contributed by atoms with Gasteiger partial charge in [0.25, 0.3) is 5.91 Å². The number of carbonyl (C=O) groups excluding carboxylic acids is 1. The SMILES string of the molecule is C=CCN1C(=O)/C(=N\NC(=S)Nc2ccccc2S(N)(=O)=O)c2ccccc21. The van der Waals surface area contributed by atoms with E-state index in [1.54, 1.807) is 35.2 Å². The molecule has 1 aliphatic rings. The predicted octanol–water partition coefficient (Wildman–Crippen LogP) is 1.56. The number of nitrogens with one attached hydrogen (secondary N) is 2. The molecular formula is C18H17N5O3S2. The fourth-order valence-electron chi connectivity index (χ4n) is 2.76. The van der Waals surface area contributed by atoms with E-state index in [9.17, 15) is 13.2 Å². The molecule has 0 spiro atoms. The zero-order chi connectivity index (χ0) is 20.3. The highest BCUT2D eigenvalue weighted by Gasteiger charge is 2.33. The van der Waals surface area contributed by atoms with Crippen LogP contribution < -0.4 is 20.8 Å². The molecule has 0 unspecified atom stereocenters. The van der Waals surface area contributed by atoms with Gasteiger partial charge < -0.3 is 10.2 Å². The summed E-state index contributed by atoms with van der Waals surface area (Å²) in [5, 5.41) is 12.1. The van der Waals surface area contributed by atoms with Gasteiger partial charge in [0, 0.05) is 12.1 Å². The molecule has 0 saturated heterocycles. The highest BCUT2D eigenvalue weighted by atomic mass is 32.2. The fraction of sp³-hybridized carbons (Fsp3) is 0.0556. The molecule has 144 valence electrons. The molecule has 0 fully saturated rings. The van der Waals surface area contributed by atoms with Gasteiger partial charge in [-0.1, -0.05) is 36.4 Å². The number of hydrogen-bond donors (Lipinski definition) is 3. The number of thiocarbonyl (C=S) groups is 1. The summed E-state index contributed by atoms with van der Waals surface area (Å²) in [5.74, 6) is -0.290. The number of nitrogens with zero attached hydrogens (tertiary/aromatic N) is 2. The van der Waals surface area contributed by atoms with Gasteiger partial charge in [-0.15, -0.1) is 6.58 Å². The first kappa shape index (κ1) is 19.7. The third kappa shape index (κ3) is 3.93. The first-order chi connectivity index (χ1) is 13.3. The predicted molar refractivity (Wildman–Crippen MR) is 113 cm³/mol. The molecule has 28 heavy (non-hydrogen) atoms. The summed E-state index contributed by atoms with van der Waals surface area (Å²) in [5.41, 5.74) is 4.37. The van der Waals surface area contributed by atoms with Crippen molar-refractivity contribution < 1.29 is 13.2 Å². The molecule has 1 amide bonds. The number of anilines is 2. The van der Waals surface area contributed by atoms with Crippen molar-refractivity contribution in [2.45, 2.75) is 4.90 Å². The Morgan fingerprint density at radius 1 is 1.21 bits per heavy atom. The fourth-order valence-corrected chi connectivity index (χ4v) is 3.60. The van der Waals surface area contributed by atoms with E-state index in [1.165, 1.54) is 12.1 Å². The van der Waals surface area contributed by atoms with E-state index < -0.39 is 10.0 Å². The van der Waals surface area contributed by atoms with Crippen LogP contribution in [-0.4, -0.2) is 31.7 Å². The summed E-state index contributed by atoms with van der Waals surface area (Å²) in [6.45, 7) is 4.01. The Labute approximate surface area is 167 Å². The summed E-state index contributed by atoms with van der Waals surface area (Å²) in [7, 11) is -3.93. The van der Waals surface area contributed by atoms with E-state index in [2.05, 4.69) is 22.4 Å². The molecule has 4 N–H and O–H groups in total. The van der Waals surface area contributed by atoms with Crippen molar-refractivity contribution >= 4 is 50.3 Å². The minimum Gasteiger partial charge on any atom is -0.330 e. The number of nitrogens with two attached hydrogens (primary N) is 1. The van der Waals surface area contributed by atoms with Crippen LogP contribution >= 0.6 is 12.2 Å². The second-order valence-electron chi connectivity index (χ2n) is 5.79. The number of hydrogen-bond acceptors (Lipinski definition) is 5. The molecule has 0 bridgehead atoms. The zero-order valence-corrected chi connectivity index (χ0v) is 16.3. The molecule has 8 nitrogen and oxygen atoms in total. The number of carbonyl (C=O) groups is 1. The van der Waals surface area contributed by atoms with Gasteiger partial charge in [0.05, 0.1) is 11.4 Å². The second-order valence-corrected chi connectivity index (χ2v) is 7.73. The van der Waals surface area contributed by atoms with Gasteiger partial charge in [-0.05, 0) is 30.4 Å². The van der Waals surface area contributed by atoms with Crippen LogP contribution in [0.3, 0.4) is 0 Å². The van der Waals surface area contributed by atoms with Crippen LogP contribution in [-0.2, 0) is 14.8 Å². The largest absolute Gasteiger partial charge is 0.330 e. The molecule has 0 saturated carbocycles. The lowest BCUT2D eigenvalue weighted by Gasteiger charge is -2.13. The van der Waals surface area contributed by atoms with Gasteiger partial charge in [-0.2, -0.15) is 5.10 Å². The molecule has 0 radical (unpaired) electrons. The number of para-hydroxylation sites is 2. The highest BCUT2D eigenvalue weighted by molar-refractivity contribution is 7.89. The summed E-state index contributed by atoms with van der Waals surface area (Å²) in [6, 6.07) is 13.3. The van der Waals surface area contributed by atoms with E-state index in [0.717, 1.165) is 5.69 Å². The Balaban J connectivity index is 1.82. The zero-order valence-electron chi connectivity index (χ0n) is 14.6. The minimum absolute atomic E-state index is 0.0102. The molecule has 2 aromatic carbocycles. The van der Waals surface area contributed by atoms with Gasteiger partial charge in [-0.25, -0.2) is 13.6 Å². The van der Waals surface area contributed by atoms with Crippen molar-refractivity contribution in [2.75, 3.05) is 16.8 Å². The summed E-state index contributed by atoms with van der Waals surface area (Å²) < 4.78 is 23.3. The average molecular weight is 416 g/mol. The number of sulfonamides is 1. The van der Waals surface area contributed by atoms with Crippen LogP contribution in [0.5, 0.6) is 0 Å². The van der Waals surface area contributed by atoms with Crippen molar-refractivity contribution in [3.63, 3.8) is 0 Å². The second kappa shape index (κ2) is 7.89. The summed E-state index contributed by atoms with van der Waals surface area (Å²) in [6.07, 6.45) is 1.63. The van der Waals surface area contributed by atoms with Crippen LogP contribution in [0.1, 0.15) is 5.56 Å². The third-order valence-electron chi connectivity index (χ3n) is 3.92. The Bertz CT molecular complexity index is 1100. The average Bonchev–Trinajstić information content (AvgIpc) is 2.92. The lowest BCUT2D eigenvalue weighted by atomic mass is 10.1. The number of benzene rings is 2. The number of rotatable bonds is 5. The minimum atomic E-state index is -3.93. The van der Waals surface area contributed by atoms with Crippen molar-refractivity contribution in [2.24, 2.45) is 10.2 Å². The molecular weight excluding hydrogens is 398 g/mol. The molecule has 1 heterocycles. The molecule has 3 rings (SSSR count). The van der Waals surface area contributed by atoms with Gasteiger partial charge in [0.15, 0.2) is 10.8 Å². The van der Waals surface area contributed by atoms with Gasteiger partial charge in [-0.3, -0.25) is 10.2 Å². The maximum absolute atomic E-state index is 12.7. The normalized spacial score (nSPS) is 14.7. The smallest absolute Gasteiger partial charge is 0.279 e. The molecule has 0 aromatic heterocycles. The molecule has 1 aliphatic heterocycles. The topological polar surface area (TPSA) is 117 Å². The Morgan fingerprint density at radius 3 is 2.61 bits per heavy atom. The molecule has 0 atom stereocenters. The number of hydrazone groups is 1. The van der Waals surface area contributed by atoms with Crippen LogP contribution in [0, 0.1) is 0 Å². The van der Waals surface area contributed by atoms with E-state index >= 15 is 0 Å². The number of primary sulfonamides is 1. The van der Waals surface area contributed by atoms with Gasteiger partial charge in [0.1, 0.15) is 4.90 Å². The molecule has 10 heteroatoms. The van der Waals surface area contributed by atoms with Crippen LogP contribution in [0.4, 0.5) is 11.4 Å². The maximum atomic E-state index is 12.7. The van der Waals surface area contributed by atoms with E-state index in [1.807, 2.05) is 12.1 Å². The van der Waals surface area contributed by atoms with Crippen LogP contribution in [0.25, 0.3) is 0 Å². The van der Waals surface area contributed by atoms with Gasteiger partial charge in [0.2, 0.25) is 10.0 Å². The van der Waals surface area contributed by atoms with Crippen molar-refractivity contribution in [3.05, 3.63) is 66.7 Å². The maximum Gasteiger partial charge on any atom is 0.279 e. The molecule has 0 aliphatic carbocycles. The van der Waals surface area contributed by atoms with E-state index in [0.29, 0.717) is 12.1 Å². The number of fused-ring (bicyclic) bond motifs is 1. The van der Waals surface area contributed by atoms with Crippen LogP contribution in [0.15, 0.2) is 71.2 Å². The van der Waals surface area contributed by atoms with E-state index in [4.69, 9.17) is 17.4 Å². The van der Waals surface area contributed by atoms with Gasteiger partial charge >= 0.3 is 0 Å². The third-order valence-corrected chi connectivity index (χ3v) is 5.08. The lowest BCUT2D eigenvalue weighted by molar-refractivity contribution is -0.112. The standard InChI is InChI=1S/C18H17N5O3S2/c1-2-11-23-14-9-5-3-7-12(14)16(17(23)24)21-22-18(27)20-13-8-4-6-10-15(13)28(19,25)26/h2-10H,1,11H2,(H2,19,25,26)(H2,20,22,27)/b21-16-. The Kier molecular flexibility index (Phi) is 5.54. The lowest BCUT2D eigenvalue weighted by Crippen LogP contribution is -2.32. The first-order valence-corrected chi connectivity index (χ1v) is 10.1. The Hall–Kier alpha value is -3.08. The highest BCUT2D eigenvalue weighted by Crippen LogP contribution is 2.28. The first-order valence-electron chi connectivity index (χ1n) is 8.11. The van der Waals surface area contributed by atoms with Crippen molar-refractivity contribution in [1.29, 1.82) is 0 Å². The summed E-state index contributed by atoms with van der Waals surface area (Å²) in [4.78, 5) is 14.1. The van der Waals surface area contributed by atoms with Crippen LogP contribution in [0.2, 0.25) is 0 Å². The number of amides is 1. The summed E-state index contributed by atoms with van der Waals surface area (Å²) >= 11 is 5.17. The van der Waals surface area contributed by atoms with Crippen molar-refractivity contribution in [1.82, 2.24) is 5.43 Å². The quantitative estimate of drug-likeness (QED) is 0.388. The molecule has 2 aromatic rings. The van der Waals surface area contributed by atoms with E-state index in [-0.39, 0.29) is 27.3 Å². The van der Waals surface area contributed by atoms with Crippen molar-refractivity contribution in [3.8, 4) is 0 Å². The monoisotopic (exact) mass is 415 g/mol.